The van der Waals surface area contributed by atoms with Gasteiger partial charge in [0.1, 0.15) is 18.1 Å². The molecule has 0 aliphatic heterocycles. The Hall–Kier alpha value is -1.55. The highest BCUT2D eigenvalue weighted by Crippen LogP contribution is 2.40. The molecule has 0 unspecified atom stereocenters. The summed E-state index contributed by atoms with van der Waals surface area (Å²) in [5.41, 5.74) is 1.90. The first-order valence-electron chi connectivity index (χ1n) is 6.88. The maximum Gasteiger partial charge on any atom is 0.136 e. The Morgan fingerprint density at radius 3 is 2.63 bits per heavy atom. The third-order valence-corrected chi connectivity index (χ3v) is 3.36. The fourth-order valence-electron chi connectivity index (χ4n) is 2.05. The second kappa shape index (κ2) is 5.21. The number of benzene rings is 1. The van der Waals surface area contributed by atoms with Crippen molar-refractivity contribution in [2.45, 2.75) is 52.9 Å². The highest BCUT2D eigenvalue weighted by atomic mass is 16.5. The zero-order valence-electron chi connectivity index (χ0n) is 12.1. The number of aromatic nitrogens is 2. The predicted octanol–water partition coefficient (Wildman–Crippen LogP) is 3.25. The highest BCUT2D eigenvalue weighted by molar-refractivity contribution is 5.83. The molecule has 0 saturated heterocycles. The average molecular weight is 262 g/mol. The van der Waals surface area contributed by atoms with E-state index in [9.17, 15) is 5.11 Å². The van der Waals surface area contributed by atoms with E-state index in [0.29, 0.717) is 0 Å². The number of aliphatic hydroxyl groups excluding tert-OH is 1. The molecule has 1 heterocycles. The normalized spacial score (nSPS) is 15.8. The lowest BCUT2D eigenvalue weighted by Crippen LogP contribution is -2.11. The molecular formula is C15H22N2O2. The van der Waals surface area contributed by atoms with E-state index in [1.54, 1.807) is 4.68 Å². The van der Waals surface area contributed by atoms with Crippen LogP contribution in [0.4, 0.5) is 0 Å². The molecule has 0 radical (unpaired) electrons. The third-order valence-electron chi connectivity index (χ3n) is 3.36. The molecule has 0 atom stereocenters. The number of nitrogens with zero attached hydrogens (tertiary/aromatic N) is 2. The van der Waals surface area contributed by atoms with Crippen LogP contribution in [-0.4, -0.2) is 20.5 Å². The van der Waals surface area contributed by atoms with Crippen molar-refractivity contribution in [3.05, 3.63) is 23.9 Å². The van der Waals surface area contributed by atoms with Crippen molar-refractivity contribution >= 4 is 10.9 Å². The molecule has 0 bridgehead atoms. The number of hydrogen-bond acceptors (Lipinski definition) is 3. The van der Waals surface area contributed by atoms with Crippen molar-refractivity contribution in [2.24, 2.45) is 0 Å². The van der Waals surface area contributed by atoms with Gasteiger partial charge in [-0.15, -0.1) is 0 Å². The Morgan fingerprint density at radius 2 is 2.05 bits per heavy atom. The van der Waals surface area contributed by atoms with E-state index in [0.717, 1.165) is 35.2 Å². The summed E-state index contributed by atoms with van der Waals surface area (Å²) in [7, 11) is 0. The Morgan fingerprint density at radius 1 is 1.37 bits per heavy atom. The first-order valence-corrected chi connectivity index (χ1v) is 6.88. The zero-order valence-corrected chi connectivity index (χ0v) is 12.1. The van der Waals surface area contributed by atoms with Crippen LogP contribution in [0, 0.1) is 6.92 Å². The Kier molecular flexibility index (Phi) is 3.80. The van der Waals surface area contributed by atoms with Gasteiger partial charge in [0.15, 0.2) is 0 Å². The van der Waals surface area contributed by atoms with Gasteiger partial charge < -0.3 is 9.84 Å². The number of hydrogen-bond donors (Lipinski definition) is 1. The monoisotopic (exact) mass is 262 g/mol. The van der Waals surface area contributed by atoms with E-state index in [2.05, 4.69) is 12.0 Å². The Labute approximate surface area is 114 Å². The van der Waals surface area contributed by atoms with Gasteiger partial charge in [-0.05, 0) is 44.9 Å². The van der Waals surface area contributed by atoms with Gasteiger partial charge in [0.05, 0.1) is 11.2 Å². The molecule has 1 aliphatic carbocycles. The summed E-state index contributed by atoms with van der Waals surface area (Å²) in [6, 6.07) is 5.90. The smallest absolute Gasteiger partial charge is 0.136 e. The van der Waals surface area contributed by atoms with E-state index >= 15 is 0 Å². The van der Waals surface area contributed by atoms with E-state index in [1.165, 1.54) is 0 Å². The second-order valence-electron chi connectivity index (χ2n) is 4.96. The quantitative estimate of drug-likeness (QED) is 0.923. The predicted molar refractivity (Wildman–Crippen MR) is 76.3 cm³/mol. The zero-order chi connectivity index (χ0) is 14.0. The lowest BCUT2D eigenvalue weighted by molar-refractivity contribution is 0.198. The molecule has 3 rings (SSSR count). The fourth-order valence-corrected chi connectivity index (χ4v) is 2.05. The minimum Gasteiger partial charge on any atom is -0.488 e. The van der Waals surface area contributed by atoms with Gasteiger partial charge in [0.2, 0.25) is 0 Å². The van der Waals surface area contributed by atoms with Gasteiger partial charge in [-0.1, -0.05) is 13.8 Å². The maximum atomic E-state index is 9.18. The summed E-state index contributed by atoms with van der Waals surface area (Å²) in [6.45, 7) is 7.97. The van der Waals surface area contributed by atoms with E-state index in [4.69, 9.17) is 4.74 Å². The standard InChI is InChI=1S/C13H16N2O2.C2H6/c1-9-11-7-10(17-13(2)5-6-13)3-4-12(11)15(8-16)14-9;1-2/h3-4,7,16H,5-6,8H2,1-2H3;1-2H3. The SMILES string of the molecule is CC.Cc1nn(CO)c2ccc(OC3(C)CC3)cc12. The summed E-state index contributed by atoms with van der Waals surface area (Å²) in [6.07, 6.45) is 2.25. The lowest BCUT2D eigenvalue weighted by atomic mass is 10.2. The molecule has 1 aliphatic rings. The van der Waals surface area contributed by atoms with Crippen LogP contribution >= 0.6 is 0 Å². The van der Waals surface area contributed by atoms with Crippen molar-refractivity contribution in [3.8, 4) is 5.75 Å². The average Bonchev–Trinajstić information content (AvgIpc) is 3.06. The molecule has 0 amide bonds. The number of fused-ring (bicyclic) bond motifs is 1. The first-order chi connectivity index (χ1) is 9.11. The summed E-state index contributed by atoms with van der Waals surface area (Å²) >= 11 is 0. The van der Waals surface area contributed by atoms with Crippen LogP contribution in [0.15, 0.2) is 18.2 Å². The van der Waals surface area contributed by atoms with Crippen molar-refractivity contribution in [1.29, 1.82) is 0 Å². The fraction of sp³-hybridized carbons (Fsp3) is 0.533. The minimum atomic E-state index is -0.0950. The second-order valence-corrected chi connectivity index (χ2v) is 4.96. The molecule has 1 aromatic carbocycles. The van der Waals surface area contributed by atoms with Crippen LogP contribution in [0.3, 0.4) is 0 Å². The first kappa shape index (κ1) is 13.9. The number of aliphatic hydroxyl groups is 1. The molecule has 1 N–H and O–H groups in total. The van der Waals surface area contributed by atoms with Gasteiger partial charge in [-0.25, -0.2) is 4.68 Å². The molecule has 1 saturated carbocycles. The van der Waals surface area contributed by atoms with E-state index < -0.39 is 0 Å². The van der Waals surface area contributed by atoms with Gasteiger partial charge in [0.25, 0.3) is 0 Å². The van der Waals surface area contributed by atoms with Crippen LogP contribution in [0.1, 0.15) is 39.3 Å². The van der Waals surface area contributed by atoms with Crippen LogP contribution in [-0.2, 0) is 6.73 Å². The summed E-state index contributed by atoms with van der Waals surface area (Å²) < 4.78 is 7.51. The molecule has 104 valence electrons. The summed E-state index contributed by atoms with van der Waals surface area (Å²) in [4.78, 5) is 0. The molecular weight excluding hydrogens is 240 g/mol. The molecule has 2 aromatic rings. The number of rotatable bonds is 3. The van der Waals surface area contributed by atoms with Crippen LogP contribution in [0.25, 0.3) is 10.9 Å². The molecule has 4 nitrogen and oxygen atoms in total. The Bertz CT molecular complexity index is 571. The topological polar surface area (TPSA) is 47.3 Å². The number of ether oxygens (including phenoxy) is 1. The summed E-state index contributed by atoms with van der Waals surface area (Å²) in [5.74, 6) is 0.887. The lowest BCUT2D eigenvalue weighted by Gasteiger charge is -2.12. The number of aryl methyl sites for hydroxylation is 1. The van der Waals surface area contributed by atoms with E-state index in [1.807, 2.05) is 39.0 Å². The van der Waals surface area contributed by atoms with Crippen molar-refractivity contribution in [1.82, 2.24) is 9.78 Å². The highest BCUT2D eigenvalue weighted by Gasteiger charge is 2.40. The van der Waals surface area contributed by atoms with E-state index in [-0.39, 0.29) is 12.3 Å². The van der Waals surface area contributed by atoms with Crippen molar-refractivity contribution in [3.63, 3.8) is 0 Å². The van der Waals surface area contributed by atoms with Crippen LogP contribution in [0.2, 0.25) is 0 Å². The Balaban J connectivity index is 0.000000637. The largest absolute Gasteiger partial charge is 0.488 e. The van der Waals surface area contributed by atoms with Gasteiger partial charge >= 0.3 is 0 Å². The van der Waals surface area contributed by atoms with Gasteiger partial charge in [-0.3, -0.25) is 0 Å². The van der Waals surface area contributed by atoms with Crippen LogP contribution < -0.4 is 4.74 Å². The van der Waals surface area contributed by atoms with Gasteiger partial charge in [0, 0.05) is 5.39 Å². The molecule has 4 heteroatoms. The molecule has 1 aromatic heterocycles. The van der Waals surface area contributed by atoms with Gasteiger partial charge in [-0.2, -0.15) is 5.10 Å². The van der Waals surface area contributed by atoms with Crippen molar-refractivity contribution in [2.75, 3.05) is 0 Å². The minimum absolute atomic E-state index is 0.0363. The molecule has 19 heavy (non-hydrogen) atoms. The molecule has 1 fully saturated rings. The van der Waals surface area contributed by atoms with Crippen LogP contribution in [0.5, 0.6) is 5.75 Å². The maximum absolute atomic E-state index is 9.18. The molecule has 0 spiro atoms. The third kappa shape index (κ3) is 2.73. The summed E-state index contributed by atoms with van der Waals surface area (Å²) in [5, 5.41) is 14.5. The van der Waals surface area contributed by atoms with Crippen molar-refractivity contribution < 1.29 is 9.84 Å².